The standard InChI is InChI=1S/C7H10N2O.H2O4S/c1-10-7-4-2-3-6(5-7)9-8;1-5(2,3)4/h2-5,9H,8H2,1H3;(H2,1,2,3,4). The monoisotopic (exact) mass is 236 g/mol. The minimum absolute atomic E-state index is 0.801. The minimum Gasteiger partial charge on any atom is -0.497 e. The summed E-state index contributed by atoms with van der Waals surface area (Å²) in [6.07, 6.45) is 0. The summed E-state index contributed by atoms with van der Waals surface area (Å²) in [5.41, 5.74) is 3.37. The maximum atomic E-state index is 8.74. The fourth-order valence-corrected chi connectivity index (χ4v) is 0.713. The van der Waals surface area contributed by atoms with Crippen LogP contribution in [0.1, 0.15) is 0 Å². The van der Waals surface area contributed by atoms with Gasteiger partial charge in [-0.2, -0.15) is 8.42 Å². The first-order valence-electron chi connectivity index (χ1n) is 3.67. The molecule has 86 valence electrons. The summed E-state index contributed by atoms with van der Waals surface area (Å²) in [5.74, 6) is 5.97. The normalized spacial score (nSPS) is 9.87. The summed E-state index contributed by atoms with van der Waals surface area (Å²) in [4.78, 5) is 0. The largest absolute Gasteiger partial charge is 0.497 e. The molecule has 0 amide bonds. The molecule has 1 aromatic rings. The minimum atomic E-state index is -4.67. The molecule has 0 spiro atoms. The number of hydrazine groups is 1. The maximum Gasteiger partial charge on any atom is 0.394 e. The third-order valence-electron chi connectivity index (χ3n) is 1.24. The Bertz CT molecular complexity index is 365. The molecule has 0 saturated carbocycles. The summed E-state index contributed by atoms with van der Waals surface area (Å²) >= 11 is 0. The predicted molar refractivity (Wildman–Crippen MR) is 55.0 cm³/mol. The smallest absolute Gasteiger partial charge is 0.394 e. The van der Waals surface area contributed by atoms with Crippen LogP contribution in [0, 0.1) is 0 Å². The van der Waals surface area contributed by atoms with E-state index in [9.17, 15) is 0 Å². The number of methoxy groups -OCH3 is 1. The van der Waals surface area contributed by atoms with Crippen LogP contribution in [0.3, 0.4) is 0 Å². The molecule has 5 N–H and O–H groups in total. The van der Waals surface area contributed by atoms with Crippen molar-refractivity contribution in [2.24, 2.45) is 5.84 Å². The van der Waals surface area contributed by atoms with Crippen LogP contribution in [0.25, 0.3) is 0 Å². The number of nitrogens with one attached hydrogen (secondary N) is 1. The highest BCUT2D eigenvalue weighted by atomic mass is 32.3. The van der Waals surface area contributed by atoms with Gasteiger partial charge in [-0.3, -0.25) is 14.9 Å². The number of ether oxygens (including phenoxy) is 1. The molecule has 0 bridgehead atoms. The molecule has 7 nitrogen and oxygen atoms in total. The molecule has 0 fully saturated rings. The molecule has 0 aliphatic carbocycles. The Kier molecular flexibility index (Phi) is 5.64. The fourth-order valence-electron chi connectivity index (χ4n) is 0.713. The zero-order chi connectivity index (χ0) is 11.9. The first-order chi connectivity index (χ1) is 6.86. The van der Waals surface area contributed by atoms with Crippen LogP contribution >= 0.6 is 0 Å². The highest BCUT2D eigenvalue weighted by molar-refractivity contribution is 7.79. The van der Waals surface area contributed by atoms with Gasteiger partial charge >= 0.3 is 10.4 Å². The molecule has 1 aromatic carbocycles. The van der Waals surface area contributed by atoms with Crippen molar-refractivity contribution in [2.45, 2.75) is 0 Å². The van der Waals surface area contributed by atoms with Crippen molar-refractivity contribution in [1.82, 2.24) is 0 Å². The molecule has 0 radical (unpaired) electrons. The third kappa shape index (κ3) is 8.97. The van der Waals surface area contributed by atoms with E-state index < -0.39 is 10.4 Å². The van der Waals surface area contributed by atoms with Crippen LogP contribution in [-0.4, -0.2) is 24.6 Å². The number of nitrogens with two attached hydrogens (primary N) is 1. The van der Waals surface area contributed by atoms with Gasteiger partial charge in [-0.15, -0.1) is 0 Å². The lowest BCUT2D eigenvalue weighted by Crippen LogP contribution is -2.06. The summed E-state index contributed by atoms with van der Waals surface area (Å²) in [6.45, 7) is 0. The molecule has 15 heavy (non-hydrogen) atoms. The zero-order valence-corrected chi connectivity index (χ0v) is 8.73. The zero-order valence-electron chi connectivity index (χ0n) is 7.91. The van der Waals surface area contributed by atoms with Crippen molar-refractivity contribution >= 4 is 16.1 Å². The Morgan fingerprint density at radius 1 is 1.40 bits per heavy atom. The van der Waals surface area contributed by atoms with Gasteiger partial charge in [0.25, 0.3) is 0 Å². The molecule has 8 heteroatoms. The van der Waals surface area contributed by atoms with Gasteiger partial charge in [0, 0.05) is 6.07 Å². The predicted octanol–water partition coefficient (Wildman–Crippen LogP) is 0.328. The maximum absolute atomic E-state index is 8.74. The number of nitrogen functional groups attached to an aromatic ring is 1. The second-order valence-electron chi connectivity index (χ2n) is 2.32. The van der Waals surface area contributed by atoms with E-state index in [-0.39, 0.29) is 0 Å². The van der Waals surface area contributed by atoms with E-state index in [1.165, 1.54) is 0 Å². The first-order valence-corrected chi connectivity index (χ1v) is 5.07. The number of anilines is 1. The average molecular weight is 236 g/mol. The highest BCUT2D eigenvalue weighted by Crippen LogP contribution is 2.14. The van der Waals surface area contributed by atoms with Crippen LogP contribution in [-0.2, 0) is 10.4 Å². The van der Waals surface area contributed by atoms with Crippen LogP contribution in [0.5, 0.6) is 5.75 Å². The summed E-state index contributed by atoms with van der Waals surface area (Å²) in [7, 11) is -3.05. The quantitative estimate of drug-likeness (QED) is 0.331. The fraction of sp³-hybridized carbons (Fsp3) is 0.143. The molecule has 0 aliphatic rings. The van der Waals surface area contributed by atoms with Gasteiger partial charge in [0.05, 0.1) is 12.8 Å². The first kappa shape index (κ1) is 13.7. The van der Waals surface area contributed by atoms with Gasteiger partial charge in [-0.25, -0.2) is 0 Å². The number of hydrogen-bond acceptors (Lipinski definition) is 5. The van der Waals surface area contributed by atoms with Crippen molar-refractivity contribution in [3.63, 3.8) is 0 Å². The van der Waals surface area contributed by atoms with Gasteiger partial charge in [-0.05, 0) is 12.1 Å². The van der Waals surface area contributed by atoms with Crippen molar-refractivity contribution in [1.29, 1.82) is 0 Å². The second kappa shape index (κ2) is 6.19. The molecular formula is C7H12N2O5S. The topological polar surface area (TPSA) is 122 Å². The van der Waals surface area contributed by atoms with Crippen molar-refractivity contribution in [3.8, 4) is 5.75 Å². The van der Waals surface area contributed by atoms with Gasteiger partial charge in [0.15, 0.2) is 0 Å². The van der Waals surface area contributed by atoms with E-state index in [2.05, 4.69) is 5.43 Å². The third-order valence-corrected chi connectivity index (χ3v) is 1.24. The van der Waals surface area contributed by atoms with E-state index in [0.29, 0.717) is 0 Å². The Hall–Kier alpha value is -1.35. The van der Waals surface area contributed by atoms with Gasteiger partial charge < -0.3 is 10.2 Å². The van der Waals surface area contributed by atoms with E-state index in [1.54, 1.807) is 7.11 Å². The molecule has 0 atom stereocenters. The lowest BCUT2D eigenvalue weighted by atomic mass is 10.3. The second-order valence-corrected chi connectivity index (χ2v) is 3.22. The van der Waals surface area contributed by atoms with Crippen LogP contribution in [0.2, 0.25) is 0 Å². The van der Waals surface area contributed by atoms with Gasteiger partial charge in [0.1, 0.15) is 5.75 Å². The van der Waals surface area contributed by atoms with Crippen molar-refractivity contribution < 1.29 is 22.3 Å². The Morgan fingerprint density at radius 2 is 1.93 bits per heavy atom. The molecule has 1 rings (SSSR count). The Labute approximate surface area is 87.4 Å². The van der Waals surface area contributed by atoms with E-state index in [4.69, 9.17) is 28.1 Å². The van der Waals surface area contributed by atoms with E-state index >= 15 is 0 Å². The number of benzene rings is 1. The Morgan fingerprint density at radius 3 is 2.33 bits per heavy atom. The molecule has 0 heterocycles. The number of hydrogen-bond donors (Lipinski definition) is 4. The summed E-state index contributed by atoms with van der Waals surface area (Å²) < 4.78 is 36.5. The van der Waals surface area contributed by atoms with E-state index in [1.807, 2.05) is 24.3 Å². The average Bonchev–Trinajstić information content (AvgIpc) is 2.15. The van der Waals surface area contributed by atoms with Crippen LogP contribution < -0.4 is 16.0 Å². The molecular weight excluding hydrogens is 224 g/mol. The molecule has 0 saturated heterocycles. The molecule has 0 unspecified atom stereocenters. The van der Waals surface area contributed by atoms with E-state index in [0.717, 1.165) is 11.4 Å². The van der Waals surface area contributed by atoms with Crippen LogP contribution in [0.15, 0.2) is 24.3 Å². The highest BCUT2D eigenvalue weighted by Gasteiger charge is 1.90. The Balaban J connectivity index is 0.000000336. The van der Waals surface area contributed by atoms with Crippen LogP contribution in [0.4, 0.5) is 5.69 Å². The summed E-state index contributed by atoms with van der Waals surface area (Å²) in [6, 6.07) is 7.41. The lowest BCUT2D eigenvalue weighted by molar-refractivity contribution is 0.381. The SMILES string of the molecule is COc1cccc(NN)c1.O=S(=O)(O)O. The molecule has 0 aliphatic heterocycles. The number of rotatable bonds is 2. The van der Waals surface area contributed by atoms with Gasteiger partial charge in [0.2, 0.25) is 0 Å². The van der Waals surface area contributed by atoms with Gasteiger partial charge in [-0.1, -0.05) is 6.07 Å². The van der Waals surface area contributed by atoms with Crippen molar-refractivity contribution in [3.05, 3.63) is 24.3 Å². The molecule has 0 aromatic heterocycles. The van der Waals surface area contributed by atoms with Crippen molar-refractivity contribution in [2.75, 3.05) is 12.5 Å². The summed E-state index contributed by atoms with van der Waals surface area (Å²) in [5, 5.41) is 0. The lowest BCUT2D eigenvalue weighted by Gasteiger charge is -2.01.